The Morgan fingerprint density at radius 1 is 1.30 bits per heavy atom. The van der Waals surface area contributed by atoms with Gasteiger partial charge in [-0.05, 0) is 13.8 Å². The van der Waals surface area contributed by atoms with Crippen LogP contribution in [0.15, 0.2) is 11.6 Å². The van der Waals surface area contributed by atoms with Gasteiger partial charge in [-0.15, -0.1) is 11.3 Å². The van der Waals surface area contributed by atoms with Crippen molar-refractivity contribution >= 4 is 22.4 Å². The van der Waals surface area contributed by atoms with Crippen molar-refractivity contribution < 1.29 is 4.79 Å². The van der Waals surface area contributed by atoms with Gasteiger partial charge in [-0.25, -0.2) is 4.98 Å². The normalized spacial score (nSPS) is 15.7. The van der Waals surface area contributed by atoms with Gasteiger partial charge in [0.1, 0.15) is 0 Å². The molecule has 0 aromatic carbocycles. The molecule has 0 saturated carbocycles. The summed E-state index contributed by atoms with van der Waals surface area (Å²) in [5, 5.41) is 9.98. The predicted octanol–water partition coefficient (Wildman–Crippen LogP) is 1.45. The number of hydrogen-bond acceptors (Lipinski definition) is 5. The summed E-state index contributed by atoms with van der Waals surface area (Å²) in [6.45, 7) is 6.86. The fourth-order valence-corrected chi connectivity index (χ4v) is 3.19. The molecule has 7 heteroatoms. The van der Waals surface area contributed by atoms with E-state index in [-0.39, 0.29) is 5.91 Å². The third-order valence-electron chi connectivity index (χ3n) is 3.60. The molecular formula is C13H17N5OS. The van der Waals surface area contributed by atoms with Crippen LogP contribution in [0.5, 0.6) is 0 Å². The minimum Gasteiger partial charge on any atom is -0.345 e. The first-order valence-electron chi connectivity index (χ1n) is 6.62. The highest BCUT2D eigenvalue weighted by Gasteiger charge is 2.26. The maximum atomic E-state index is 12.5. The number of thiazole rings is 1. The van der Waals surface area contributed by atoms with Crippen LogP contribution in [0.3, 0.4) is 0 Å². The highest BCUT2D eigenvalue weighted by Crippen LogP contribution is 2.20. The third kappa shape index (κ3) is 2.29. The molecule has 106 valence electrons. The van der Waals surface area contributed by atoms with Crippen LogP contribution < -0.4 is 4.90 Å². The average molecular weight is 291 g/mol. The summed E-state index contributed by atoms with van der Waals surface area (Å²) in [5.74, 6) is 0.0764. The average Bonchev–Trinajstić information content (AvgIpc) is 3.09. The van der Waals surface area contributed by atoms with Crippen molar-refractivity contribution in [3.05, 3.63) is 28.5 Å². The van der Waals surface area contributed by atoms with Gasteiger partial charge in [0, 0.05) is 43.4 Å². The zero-order chi connectivity index (χ0) is 14.1. The summed E-state index contributed by atoms with van der Waals surface area (Å²) in [6, 6.07) is 0. The molecule has 0 bridgehead atoms. The van der Waals surface area contributed by atoms with Crippen LogP contribution in [-0.2, 0) is 0 Å². The van der Waals surface area contributed by atoms with Gasteiger partial charge in [0.2, 0.25) is 0 Å². The van der Waals surface area contributed by atoms with E-state index in [0.717, 1.165) is 42.7 Å². The number of carbonyl (C=O) groups excluding carboxylic acids is 1. The molecule has 2 aromatic heterocycles. The van der Waals surface area contributed by atoms with Crippen LogP contribution in [0.1, 0.15) is 21.7 Å². The number of nitrogens with zero attached hydrogens (tertiary/aromatic N) is 4. The number of rotatable bonds is 2. The predicted molar refractivity (Wildman–Crippen MR) is 78.3 cm³/mol. The van der Waals surface area contributed by atoms with E-state index in [9.17, 15) is 4.79 Å². The number of piperazine rings is 1. The molecule has 6 nitrogen and oxygen atoms in total. The summed E-state index contributed by atoms with van der Waals surface area (Å²) in [6.07, 6.45) is 1.82. The molecule has 0 spiro atoms. The topological polar surface area (TPSA) is 65.1 Å². The Hall–Kier alpha value is -1.89. The molecule has 1 fully saturated rings. The molecule has 2 aromatic rings. The van der Waals surface area contributed by atoms with Crippen molar-refractivity contribution in [1.29, 1.82) is 0 Å². The van der Waals surface area contributed by atoms with Crippen molar-refractivity contribution in [3.8, 4) is 0 Å². The maximum absolute atomic E-state index is 12.5. The van der Waals surface area contributed by atoms with Crippen molar-refractivity contribution in [2.45, 2.75) is 13.8 Å². The zero-order valence-electron chi connectivity index (χ0n) is 11.6. The summed E-state index contributed by atoms with van der Waals surface area (Å²) in [4.78, 5) is 21.0. The van der Waals surface area contributed by atoms with Gasteiger partial charge in [0.05, 0.1) is 11.3 Å². The molecule has 3 heterocycles. The van der Waals surface area contributed by atoms with Gasteiger partial charge < -0.3 is 9.80 Å². The third-order valence-corrected chi connectivity index (χ3v) is 4.43. The van der Waals surface area contributed by atoms with Crippen molar-refractivity contribution in [1.82, 2.24) is 20.1 Å². The van der Waals surface area contributed by atoms with Crippen LogP contribution in [0.2, 0.25) is 0 Å². The fraction of sp³-hybridized carbons (Fsp3) is 0.462. The number of aryl methyl sites for hydroxylation is 2. The number of nitrogens with one attached hydrogen (secondary N) is 1. The lowest BCUT2D eigenvalue weighted by Crippen LogP contribution is -2.49. The largest absolute Gasteiger partial charge is 0.345 e. The molecule has 0 unspecified atom stereocenters. The number of aromatic nitrogens is 3. The smallest absolute Gasteiger partial charge is 0.257 e. The Bertz CT molecular complexity index is 579. The molecule has 1 N–H and O–H groups in total. The van der Waals surface area contributed by atoms with Gasteiger partial charge in [-0.3, -0.25) is 9.89 Å². The molecule has 0 aliphatic carbocycles. The lowest BCUT2D eigenvalue weighted by molar-refractivity contribution is 0.0745. The monoisotopic (exact) mass is 291 g/mol. The molecule has 3 rings (SSSR count). The van der Waals surface area contributed by atoms with Gasteiger partial charge in [-0.1, -0.05) is 0 Å². The molecule has 0 atom stereocenters. The molecule has 1 saturated heterocycles. The Kier molecular flexibility index (Phi) is 3.43. The number of carbonyl (C=O) groups is 1. The van der Waals surface area contributed by atoms with E-state index in [4.69, 9.17) is 0 Å². The van der Waals surface area contributed by atoms with Crippen LogP contribution in [0.4, 0.5) is 5.13 Å². The van der Waals surface area contributed by atoms with E-state index in [1.807, 2.05) is 30.3 Å². The molecule has 1 amide bonds. The number of anilines is 1. The second-order valence-corrected chi connectivity index (χ2v) is 5.78. The minimum atomic E-state index is 0.0764. The SMILES string of the molecule is Cc1n[nH]c(C)c1C(=O)N1CCN(c2nccs2)CC1. The number of aromatic amines is 1. The van der Waals surface area contributed by atoms with E-state index in [2.05, 4.69) is 20.1 Å². The standard InChI is InChI=1S/C13H17N5OS/c1-9-11(10(2)16-15-9)12(19)17-4-6-18(7-5-17)13-14-3-8-20-13/h3,8H,4-7H2,1-2H3,(H,15,16). The van der Waals surface area contributed by atoms with Gasteiger partial charge in [0.15, 0.2) is 5.13 Å². The first kappa shape index (κ1) is 13.1. The van der Waals surface area contributed by atoms with Gasteiger partial charge in [-0.2, -0.15) is 5.10 Å². The van der Waals surface area contributed by atoms with E-state index < -0.39 is 0 Å². The van der Waals surface area contributed by atoms with Gasteiger partial charge in [0.25, 0.3) is 5.91 Å². The van der Waals surface area contributed by atoms with Crippen LogP contribution >= 0.6 is 11.3 Å². The second kappa shape index (κ2) is 5.24. The Morgan fingerprint density at radius 2 is 2.05 bits per heavy atom. The molecule has 20 heavy (non-hydrogen) atoms. The highest BCUT2D eigenvalue weighted by atomic mass is 32.1. The first-order valence-corrected chi connectivity index (χ1v) is 7.50. The lowest BCUT2D eigenvalue weighted by atomic mass is 10.1. The highest BCUT2D eigenvalue weighted by molar-refractivity contribution is 7.13. The molecule has 0 radical (unpaired) electrons. The van der Waals surface area contributed by atoms with E-state index >= 15 is 0 Å². The van der Waals surface area contributed by atoms with Crippen LogP contribution in [-0.4, -0.2) is 52.2 Å². The van der Waals surface area contributed by atoms with Gasteiger partial charge >= 0.3 is 0 Å². The molecular weight excluding hydrogens is 274 g/mol. The van der Waals surface area contributed by atoms with Crippen LogP contribution in [0, 0.1) is 13.8 Å². The quantitative estimate of drug-likeness (QED) is 0.909. The fourth-order valence-electron chi connectivity index (χ4n) is 2.50. The minimum absolute atomic E-state index is 0.0764. The molecule has 1 aliphatic rings. The summed E-state index contributed by atoms with van der Waals surface area (Å²) in [5.41, 5.74) is 2.33. The van der Waals surface area contributed by atoms with Crippen molar-refractivity contribution in [2.75, 3.05) is 31.1 Å². The number of hydrogen-bond donors (Lipinski definition) is 1. The number of amides is 1. The zero-order valence-corrected chi connectivity index (χ0v) is 12.4. The molecule has 1 aliphatic heterocycles. The Balaban J connectivity index is 1.68. The van der Waals surface area contributed by atoms with Crippen molar-refractivity contribution in [3.63, 3.8) is 0 Å². The summed E-state index contributed by atoms with van der Waals surface area (Å²) >= 11 is 1.64. The van der Waals surface area contributed by atoms with E-state index in [1.54, 1.807) is 11.3 Å². The Labute approximate surface area is 121 Å². The van der Waals surface area contributed by atoms with Crippen molar-refractivity contribution in [2.24, 2.45) is 0 Å². The lowest BCUT2D eigenvalue weighted by Gasteiger charge is -2.34. The van der Waals surface area contributed by atoms with E-state index in [1.165, 1.54) is 0 Å². The first-order chi connectivity index (χ1) is 9.66. The van der Waals surface area contributed by atoms with Crippen LogP contribution in [0.25, 0.3) is 0 Å². The number of H-pyrrole nitrogens is 1. The second-order valence-electron chi connectivity index (χ2n) is 4.90. The van der Waals surface area contributed by atoms with E-state index in [0.29, 0.717) is 5.56 Å². The summed E-state index contributed by atoms with van der Waals surface area (Å²) < 4.78 is 0. The summed E-state index contributed by atoms with van der Waals surface area (Å²) in [7, 11) is 0. The Morgan fingerprint density at radius 3 is 2.60 bits per heavy atom. The maximum Gasteiger partial charge on any atom is 0.257 e.